The number of thiazole rings is 1. The number of hydrogen-bond donors (Lipinski definition) is 3. The summed E-state index contributed by atoms with van der Waals surface area (Å²) in [5, 5.41) is 9.93. The molecule has 2 rings (SSSR count). The Balaban J connectivity index is 1.84. The molecule has 1 aromatic carbocycles. The van der Waals surface area contributed by atoms with Gasteiger partial charge in [0.25, 0.3) is 0 Å². The summed E-state index contributed by atoms with van der Waals surface area (Å²) in [4.78, 5) is 32.4. The maximum absolute atomic E-state index is 12.0. The van der Waals surface area contributed by atoms with Gasteiger partial charge in [-0.2, -0.15) is 0 Å². The lowest BCUT2D eigenvalue weighted by molar-refractivity contribution is -0.114. The lowest BCUT2D eigenvalue weighted by atomic mass is 10.3. The van der Waals surface area contributed by atoms with Crippen molar-refractivity contribution in [3.63, 3.8) is 0 Å². The Morgan fingerprint density at radius 2 is 2.10 bits per heavy atom. The second kappa shape index (κ2) is 11.9. The number of carbonyl (C=O) groups excluding carboxylic acids is 2. The van der Waals surface area contributed by atoms with Crippen molar-refractivity contribution in [1.29, 1.82) is 0 Å². The normalized spacial score (nSPS) is 12.1. The Morgan fingerprint density at radius 1 is 1.32 bits per heavy atom. The van der Waals surface area contributed by atoms with Crippen LogP contribution in [0.4, 0.5) is 5.69 Å². The molecule has 0 spiro atoms. The number of hydrogen-bond acceptors (Lipinski definition) is 7. The summed E-state index contributed by atoms with van der Waals surface area (Å²) < 4.78 is 10.8. The molecule has 9 nitrogen and oxygen atoms in total. The Bertz CT molecular complexity index is 928. The van der Waals surface area contributed by atoms with E-state index in [0.29, 0.717) is 47.7 Å². The lowest BCUT2D eigenvalue weighted by Gasteiger charge is -2.16. The van der Waals surface area contributed by atoms with Crippen LogP contribution >= 0.6 is 11.3 Å². The first kappa shape index (κ1) is 24.1. The zero-order chi connectivity index (χ0) is 22.8. The molecule has 168 valence electrons. The molecule has 1 atom stereocenters. The third-order valence-electron chi connectivity index (χ3n) is 4.04. The summed E-state index contributed by atoms with van der Waals surface area (Å²) in [6.07, 6.45) is 0. The van der Waals surface area contributed by atoms with E-state index >= 15 is 0 Å². The van der Waals surface area contributed by atoms with Gasteiger partial charge in [-0.3, -0.25) is 9.79 Å². The van der Waals surface area contributed by atoms with E-state index in [1.54, 1.807) is 33.0 Å². The van der Waals surface area contributed by atoms with E-state index in [-0.39, 0.29) is 17.9 Å². The highest BCUT2D eigenvalue weighted by atomic mass is 32.1. The van der Waals surface area contributed by atoms with Gasteiger partial charge in [-0.1, -0.05) is 6.07 Å². The fourth-order valence-corrected chi connectivity index (χ4v) is 3.62. The van der Waals surface area contributed by atoms with Crippen LogP contribution in [0.25, 0.3) is 0 Å². The maximum Gasteiger partial charge on any atom is 0.350 e. The molecule has 0 aliphatic carbocycles. The minimum atomic E-state index is -0.349. The van der Waals surface area contributed by atoms with E-state index in [1.165, 1.54) is 18.3 Å². The van der Waals surface area contributed by atoms with Crippen molar-refractivity contribution in [2.45, 2.75) is 33.7 Å². The van der Waals surface area contributed by atoms with Crippen LogP contribution in [0.1, 0.15) is 47.2 Å². The minimum Gasteiger partial charge on any atom is -0.492 e. The van der Waals surface area contributed by atoms with Gasteiger partial charge in [0.1, 0.15) is 22.2 Å². The topological polar surface area (TPSA) is 114 Å². The molecular formula is C21H29N5O4S. The molecule has 0 fully saturated rings. The van der Waals surface area contributed by atoms with Crippen molar-refractivity contribution < 1.29 is 19.1 Å². The third kappa shape index (κ3) is 7.56. The number of nitrogens with one attached hydrogen (secondary N) is 3. The summed E-state index contributed by atoms with van der Waals surface area (Å²) in [6.45, 7) is 8.23. The van der Waals surface area contributed by atoms with Gasteiger partial charge in [0.05, 0.1) is 24.9 Å². The van der Waals surface area contributed by atoms with E-state index in [2.05, 4.69) is 25.9 Å². The molecule has 1 heterocycles. The van der Waals surface area contributed by atoms with Crippen molar-refractivity contribution >= 4 is 34.9 Å². The molecule has 1 amide bonds. The number of benzene rings is 1. The standard InChI is InChI=1S/C21H29N5O4S/c1-6-29-20(28)18-13(2)24-19(31-18)14(3)25-21(22-5)23-10-11-30-17-9-7-8-16(12-17)26-15(4)27/h7-9,12,14H,6,10-11H2,1-5H3,(H,26,27)(H2,22,23,25). The number of nitrogens with zero attached hydrogens (tertiary/aromatic N) is 2. The van der Waals surface area contributed by atoms with Crippen LogP contribution in [0.2, 0.25) is 0 Å². The SMILES string of the molecule is CCOC(=O)c1sc(C(C)NC(=NC)NCCOc2cccc(NC(C)=O)c2)nc1C. The second-order valence-electron chi connectivity index (χ2n) is 6.61. The van der Waals surface area contributed by atoms with E-state index in [0.717, 1.165) is 5.01 Å². The van der Waals surface area contributed by atoms with E-state index in [1.807, 2.05) is 19.1 Å². The first-order valence-corrected chi connectivity index (χ1v) is 10.8. The highest BCUT2D eigenvalue weighted by molar-refractivity contribution is 7.13. The smallest absolute Gasteiger partial charge is 0.350 e. The van der Waals surface area contributed by atoms with Gasteiger partial charge in [-0.05, 0) is 32.9 Å². The quantitative estimate of drug-likeness (QED) is 0.234. The molecule has 1 aromatic heterocycles. The van der Waals surface area contributed by atoms with Crippen LogP contribution in [0, 0.1) is 6.92 Å². The fraction of sp³-hybridized carbons (Fsp3) is 0.429. The molecular weight excluding hydrogens is 418 g/mol. The molecule has 0 saturated carbocycles. The predicted molar refractivity (Wildman–Crippen MR) is 122 cm³/mol. The summed E-state index contributed by atoms with van der Waals surface area (Å²) in [7, 11) is 1.68. The monoisotopic (exact) mass is 447 g/mol. The van der Waals surface area contributed by atoms with E-state index in [4.69, 9.17) is 9.47 Å². The average molecular weight is 448 g/mol. The molecule has 0 bridgehead atoms. The van der Waals surface area contributed by atoms with Crippen molar-refractivity contribution in [3.8, 4) is 5.75 Å². The molecule has 2 aromatic rings. The van der Waals surface area contributed by atoms with Crippen molar-refractivity contribution in [2.75, 3.05) is 32.1 Å². The van der Waals surface area contributed by atoms with Gasteiger partial charge < -0.3 is 25.4 Å². The second-order valence-corrected chi connectivity index (χ2v) is 7.64. The molecule has 0 radical (unpaired) electrons. The fourth-order valence-electron chi connectivity index (χ4n) is 2.66. The number of esters is 1. The third-order valence-corrected chi connectivity index (χ3v) is 5.36. The Morgan fingerprint density at radius 3 is 2.77 bits per heavy atom. The molecule has 3 N–H and O–H groups in total. The first-order valence-electron chi connectivity index (χ1n) is 9.96. The number of aliphatic imine (C=N–C) groups is 1. The molecule has 31 heavy (non-hydrogen) atoms. The first-order chi connectivity index (χ1) is 14.8. The Labute approximate surface area is 186 Å². The van der Waals surface area contributed by atoms with Gasteiger partial charge in [0, 0.05) is 25.7 Å². The summed E-state index contributed by atoms with van der Waals surface area (Å²) in [6, 6.07) is 7.06. The Kier molecular flexibility index (Phi) is 9.26. The summed E-state index contributed by atoms with van der Waals surface area (Å²) in [5.74, 6) is 0.772. The number of anilines is 1. The molecule has 0 saturated heterocycles. The molecule has 0 aliphatic heterocycles. The Hall–Kier alpha value is -3.14. The minimum absolute atomic E-state index is 0.132. The molecule has 0 aliphatic rings. The maximum atomic E-state index is 12.0. The van der Waals surface area contributed by atoms with Gasteiger partial charge in [-0.25, -0.2) is 9.78 Å². The van der Waals surface area contributed by atoms with Gasteiger partial charge in [-0.15, -0.1) is 11.3 Å². The van der Waals surface area contributed by atoms with Crippen molar-refractivity contribution in [2.24, 2.45) is 4.99 Å². The van der Waals surface area contributed by atoms with Crippen molar-refractivity contribution in [3.05, 3.63) is 39.8 Å². The summed E-state index contributed by atoms with van der Waals surface area (Å²) >= 11 is 1.31. The van der Waals surface area contributed by atoms with Crippen LogP contribution in [0.15, 0.2) is 29.3 Å². The van der Waals surface area contributed by atoms with Crippen molar-refractivity contribution in [1.82, 2.24) is 15.6 Å². The highest BCUT2D eigenvalue weighted by Crippen LogP contribution is 2.24. The van der Waals surface area contributed by atoms with Crippen LogP contribution in [0.3, 0.4) is 0 Å². The number of amides is 1. The van der Waals surface area contributed by atoms with Crippen LogP contribution in [-0.2, 0) is 9.53 Å². The van der Waals surface area contributed by atoms with Crippen LogP contribution < -0.4 is 20.7 Å². The van der Waals surface area contributed by atoms with E-state index in [9.17, 15) is 9.59 Å². The number of carbonyl (C=O) groups is 2. The number of ether oxygens (including phenoxy) is 2. The lowest BCUT2D eigenvalue weighted by Crippen LogP contribution is -2.40. The van der Waals surface area contributed by atoms with Crippen LogP contribution in [0.5, 0.6) is 5.75 Å². The largest absolute Gasteiger partial charge is 0.492 e. The van der Waals surface area contributed by atoms with Gasteiger partial charge in [0.2, 0.25) is 5.91 Å². The average Bonchev–Trinajstić information content (AvgIpc) is 3.12. The zero-order valence-electron chi connectivity index (χ0n) is 18.4. The van der Waals surface area contributed by atoms with Gasteiger partial charge >= 0.3 is 5.97 Å². The van der Waals surface area contributed by atoms with Gasteiger partial charge in [0.15, 0.2) is 5.96 Å². The highest BCUT2D eigenvalue weighted by Gasteiger charge is 2.20. The number of rotatable bonds is 9. The predicted octanol–water partition coefficient (Wildman–Crippen LogP) is 2.89. The number of aryl methyl sites for hydroxylation is 1. The number of guanidine groups is 1. The van der Waals surface area contributed by atoms with Crippen LogP contribution in [-0.4, -0.2) is 49.6 Å². The van der Waals surface area contributed by atoms with E-state index < -0.39 is 0 Å². The molecule has 10 heteroatoms. The molecule has 1 unspecified atom stereocenters. The number of aromatic nitrogens is 1. The summed E-state index contributed by atoms with van der Waals surface area (Å²) in [5.41, 5.74) is 1.34. The zero-order valence-corrected chi connectivity index (χ0v) is 19.3.